The number of amidine groups is 1. The highest BCUT2D eigenvalue weighted by Crippen LogP contribution is 2.25. The molecular weight excluding hydrogens is 344 g/mol. The van der Waals surface area contributed by atoms with Gasteiger partial charge < -0.3 is 16.3 Å². The number of benzene rings is 2. The summed E-state index contributed by atoms with van der Waals surface area (Å²) in [6.07, 6.45) is 0. The quantitative estimate of drug-likeness (QED) is 0.340. The van der Waals surface area contributed by atoms with Crippen LogP contribution in [-0.2, 0) is 6.54 Å². The van der Waals surface area contributed by atoms with Crippen LogP contribution in [0.3, 0.4) is 0 Å². The highest BCUT2D eigenvalue weighted by molar-refractivity contribution is 9.10. The fraction of sp³-hybridized carbons (Fsp3) is 0.0714. The van der Waals surface area contributed by atoms with Crippen LogP contribution in [0.25, 0.3) is 0 Å². The van der Waals surface area contributed by atoms with E-state index in [-0.39, 0.29) is 23.6 Å². The van der Waals surface area contributed by atoms with E-state index in [0.29, 0.717) is 10.0 Å². The Balaban J connectivity index is 2.22. The first-order valence-corrected chi connectivity index (χ1v) is 6.76. The molecule has 0 bridgehead atoms. The summed E-state index contributed by atoms with van der Waals surface area (Å²) in [5.74, 6) is -1.14. The third-order valence-corrected chi connectivity index (χ3v) is 3.45. The van der Waals surface area contributed by atoms with Gasteiger partial charge in [-0.15, -0.1) is 0 Å². The lowest BCUT2D eigenvalue weighted by Gasteiger charge is -2.11. The number of halogens is 3. The Hall–Kier alpha value is -2.15. The normalized spacial score (nSPS) is 11.5. The van der Waals surface area contributed by atoms with E-state index in [9.17, 15) is 8.78 Å². The lowest BCUT2D eigenvalue weighted by molar-refractivity contribution is 0.318. The maximum absolute atomic E-state index is 13.7. The summed E-state index contributed by atoms with van der Waals surface area (Å²) >= 11 is 3.24. The van der Waals surface area contributed by atoms with Crippen molar-refractivity contribution in [2.75, 3.05) is 5.32 Å². The number of anilines is 1. The van der Waals surface area contributed by atoms with Crippen LogP contribution in [-0.4, -0.2) is 11.0 Å². The number of nitrogens with two attached hydrogens (primary N) is 1. The molecule has 110 valence electrons. The van der Waals surface area contributed by atoms with Gasteiger partial charge in [-0.25, -0.2) is 8.78 Å². The van der Waals surface area contributed by atoms with E-state index in [1.54, 1.807) is 18.2 Å². The third-order valence-electron chi connectivity index (χ3n) is 2.79. The first-order chi connectivity index (χ1) is 10.0. The molecule has 0 saturated heterocycles. The first-order valence-electron chi connectivity index (χ1n) is 5.96. The molecule has 0 spiro atoms. The van der Waals surface area contributed by atoms with E-state index in [0.717, 1.165) is 6.07 Å². The van der Waals surface area contributed by atoms with Gasteiger partial charge in [-0.3, -0.25) is 0 Å². The molecule has 0 unspecified atom stereocenters. The van der Waals surface area contributed by atoms with Crippen molar-refractivity contribution in [3.63, 3.8) is 0 Å². The van der Waals surface area contributed by atoms with E-state index in [4.69, 9.17) is 10.9 Å². The van der Waals surface area contributed by atoms with Gasteiger partial charge in [0.25, 0.3) is 0 Å². The number of para-hydroxylation sites is 1. The molecule has 0 amide bonds. The average Bonchev–Trinajstić information content (AvgIpc) is 2.45. The van der Waals surface area contributed by atoms with Crippen molar-refractivity contribution in [3.05, 3.63) is 63.6 Å². The molecule has 0 heterocycles. The largest absolute Gasteiger partial charge is 0.409 e. The Bertz CT molecular complexity index is 672. The van der Waals surface area contributed by atoms with Crippen LogP contribution in [0.4, 0.5) is 14.5 Å². The highest BCUT2D eigenvalue weighted by Gasteiger charge is 2.08. The predicted octanol–water partition coefficient (Wildman–Crippen LogP) is 3.43. The van der Waals surface area contributed by atoms with E-state index in [1.165, 1.54) is 12.1 Å². The summed E-state index contributed by atoms with van der Waals surface area (Å²) in [7, 11) is 0. The molecule has 0 fully saturated rings. The van der Waals surface area contributed by atoms with Crippen LogP contribution in [0.2, 0.25) is 0 Å². The van der Waals surface area contributed by atoms with Crippen molar-refractivity contribution < 1.29 is 14.0 Å². The maximum atomic E-state index is 13.7. The zero-order valence-electron chi connectivity index (χ0n) is 10.8. The number of nitrogens with zero attached hydrogens (tertiary/aromatic N) is 1. The summed E-state index contributed by atoms with van der Waals surface area (Å²) < 4.78 is 27.7. The second-order valence-electron chi connectivity index (χ2n) is 4.28. The fourth-order valence-electron chi connectivity index (χ4n) is 1.82. The zero-order valence-corrected chi connectivity index (χ0v) is 12.4. The van der Waals surface area contributed by atoms with Crippen LogP contribution < -0.4 is 11.1 Å². The van der Waals surface area contributed by atoms with Gasteiger partial charge in [0.15, 0.2) is 5.84 Å². The number of oxime groups is 1. The van der Waals surface area contributed by atoms with E-state index < -0.39 is 11.6 Å². The van der Waals surface area contributed by atoms with Crippen LogP contribution in [0.15, 0.2) is 46.0 Å². The van der Waals surface area contributed by atoms with Gasteiger partial charge in [0.2, 0.25) is 0 Å². The van der Waals surface area contributed by atoms with Gasteiger partial charge >= 0.3 is 0 Å². The van der Waals surface area contributed by atoms with Crippen molar-refractivity contribution in [2.45, 2.75) is 6.54 Å². The van der Waals surface area contributed by atoms with Crippen molar-refractivity contribution in [2.24, 2.45) is 10.9 Å². The SMILES string of the molecule is N/C(=N/O)c1cc(F)cc(CNc2c(F)cccc2Br)c1. The summed E-state index contributed by atoms with van der Waals surface area (Å²) in [6, 6.07) is 8.58. The van der Waals surface area contributed by atoms with Gasteiger partial charge in [0, 0.05) is 16.6 Å². The second-order valence-corrected chi connectivity index (χ2v) is 5.14. The van der Waals surface area contributed by atoms with Crippen LogP contribution >= 0.6 is 15.9 Å². The maximum Gasteiger partial charge on any atom is 0.170 e. The zero-order chi connectivity index (χ0) is 15.4. The van der Waals surface area contributed by atoms with E-state index in [2.05, 4.69) is 26.4 Å². The molecule has 0 aliphatic carbocycles. The predicted molar refractivity (Wildman–Crippen MR) is 80.3 cm³/mol. The molecule has 7 heteroatoms. The lowest BCUT2D eigenvalue weighted by atomic mass is 10.1. The van der Waals surface area contributed by atoms with Crippen molar-refractivity contribution in [1.82, 2.24) is 0 Å². The molecule has 4 N–H and O–H groups in total. The molecule has 21 heavy (non-hydrogen) atoms. The average molecular weight is 356 g/mol. The summed E-state index contributed by atoms with van der Waals surface area (Å²) in [5, 5.41) is 14.3. The summed E-state index contributed by atoms with van der Waals surface area (Å²) in [5.41, 5.74) is 6.50. The third kappa shape index (κ3) is 3.69. The second kappa shape index (κ2) is 6.53. The molecule has 0 aromatic heterocycles. The minimum atomic E-state index is -0.525. The van der Waals surface area contributed by atoms with E-state index >= 15 is 0 Å². The Kier molecular flexibility index (Phi) is 4.74. The minimum absolute atomic E-state index is 0.184. The monoisotopic (exact) mass is 355 g/mol. The van der Waals surface area contributed by atoms with Gasteiger partial charge in [-0.05, 0) is 51.8 Å². The smallest absolute Gasteiger partial charge is 0.170 e. The van der Waals surface area contributed by atoms with Gasteiger partial charge in [0.05, 0.1) is 5.69 Å². The number of hydrogen-bond donors (Lipinski definition) is 3. The molecule has 4 nitrogen and oxygen atoms in total. The van der Waals surface area contributed by atoms with Crippen LogP contribution in [0, 0.1) is 11.6 Å². The Morgan fingerprint density at radius 1 is 1.29 bits per heavy atom. The Labute approximate surface area is 128 Å². The highest BCUT2D eigenvalue weighted by atomic mass is 79.9. The molecule has 2 rings (SSSR count). The Morgan fingerprint density at radius 3 is 2.71 bits per heavy atom. The molecule has 0 aliphatic heterocycles. The minimum Gasteiger partial charge on any atom is -0.409 e. The standard InChI is InChI=1S/C14H12BrF2N3O/c15-11-2-1-3-12(17)13(11)19-7-8-4-9(14(18)20-21)6-10(16)5-8/h1-6,19,21H,7H2,(H2,18,20). The summed E-state index contributed by atoms with van der Waals surface area (Å²) in [6.45, 7) is 0.184. The van der Waals surface area contributed by atoms with Gasteiger partial charge in [-0.1, -0.05) is 11.2 Å². The molecule has 2 aromatic carbocycles. The molecule has 0 saturated carbocycles. The van der Waals surface area contributed by atoms with Crippen LogP contribution in [0.1, 0.15) is 11.1 Å². The van der Waals surface area contributed by atoms with Crippen molar-refractivity contribution in [3.8, 4) is 0 Å². The lowest BCUT2D eigenvalue weighted by Crippen LogP contribution is -2.14. The molecule has 0 aliphatic rings. The van der Waals surface area contributed by atoms with E-state index in [1.807, 2.05) is 0 Å². The van der Waals surface area contributed by atoms with Crippen molar-refractivity contribution in [1.29, 1.82) is 0 Å². The summed E-state index contributed by atoms with van der Waals surface area (Å²) in [4.78, 5) is 0. The molecular formula is C14H12BrF2N3O. The first kappa shape index (κ1) is 15.2. The van der Waals surface area contributed by atoms with Gasteiger partial charge in [-0.2, -0.15) is 0 Å². The molecule has 0 radical (unpaired) electrons. The van der Waals surface area contributed by atoms with Crippen LogP contribution in [0.5, 0.6) is 0 Å². The number of nitrogens with one attached hydrogen (secondary N) is 1. The van der Waals surface area contributed by atoms with Gasteiger partial charge in [0.1, 0.15) is 11.6 Å². The topological polar surface area (TPSA) is 70.6 Å². The Morgan fingerprint density at radius 2 is 2.05 bits per heavy atom. The van der Waals surface area contributed by atoms with Crippen molar-refractivity contribution >= 4 is 27.5 Å². The number of hydrogen-bond acceptors (Lipinski definition) is 3. The number of rotatable bonds is 4. The molecule has 0 atom stereocenters. The fourth-order valence-corrected chi connectivity index (χ4v) is 2.30. The molecule has 2 aromatic rings.